The molecule has 0 fully saturated rings. The Morgan fingerprint density at radius 2 is 1.91 bits per heavy atom. The summed E-state index contributed by atoms with van der Waals surface area (Å²) in [6, 6.07) is 12.8. The van der Waals surface area contributed by atoms with Crippen LogP contribution in [0.2, 0.25) is 5.02 Å². The van der Waals surface area contributed by atoms with Gasteiger partial charge in [0.2, 0.25) is 5.91 Å². The molecule has 0 spiro atoms. The largest absolute Gasteiger partial charge is 0.494 e. The zero-order valence-electron chi connectivity index (χ0n) is 12.7. The molecule has 0 aliphatic carbocycles. The average molecular weight is 319 g/mol. The van der Waals surface area contributed by atoms with Gasteiger partial charge >= 0.3 is 0 Å². The van der Waals surface area contributed by atoms with E-state index in [4.69, 9.17) is 16.3 Å². The number of nitrogens with one attached hydrogen (secondary N) is 2. The van der Waals surface area contributed by atoms with Crippen molar-refractivity contribution in [1.82, 2.24) is 0 Å². The molecule has 0 bridgehead atoms. The number of amides is 1. The van der Waals surface area contributed by atoms with Gasteiger partial charge in [0.25, 0.3) is 0 Å². The topological polar surface area (TPSA) is 50.4 Å². The molecule has 0 atom stereocenters. The van der Waals surface area contributed by atoms with Crippen molar-refractivity contribution >= 4 is 28.9 Å². The summed E-state index contributed by atoms with van der Waals surface area (Å²) in [5.74, 6) is 0.664. The van der Waals surface area contributed by atoms with Crippen molar-refractivity contribution < 1.29 is 9.53 Å². The van der Waals surface area contributed by atoms with Crippen LogP contribution in [0.1, 0.15) is 12.5 Å². The lowest BCUT2D eigenvalue weighted by molar-refractivity contribution is -0.114. The lowest BCUT2D eigenvalue weighted by Crippen LogP contribution is -2.22. The molecule has 2 aromatic carbocycles. The van der Waals surface area contributed by atoms with Crippen molar-refractivity contribution in [3.63, 3.8) is 0 Å². The van der Waals surface area contributed by atoms with Crippen LogP contribution in [0.15, 0.2) is 42.5 Å². The van der Waals surface area contributed by atoms with E-state index in [-0.39, 0.29) is 12.5 Å². The summed E-state index contributed by atoms with van der Waals surface area (Å²) in [5, 5.41) is 6.59. The standard InChI is InChI=1S/C17H19ClN2O2/c1-3-22-14-9-7-13(8-10-14)20-17(21)11-19-16-6-4-5-15(18)12(16)2/h4-10,19H,3,11H2,1-2H3,(H,20,21). The van der Waals surface area contributed by atoms with Gasteiger partial charge in [-0.1, -0.05) is 17.7 Å². The van der Waals surface area contributed by atoms with Crippen LogP contribution in [-0.4, -0.2) is 19.1 Å². The molecule has 22 heavy (non-hydrogen) atoms. The first kappa shape index (κ1) is 16.2. The quantitative estimate of drug-likeness (QED) is 0.843. The van der Waals surface area contributed by atoms with E-state index in [0.29, 0.717) is 11.6 Å². The molecule has 0 unspecified atom stereocenters. The van der Waals surface area contributed by atoms with Gasteiger partial charge in [0.05, 0.1) is 13.2 Å². The number of halogens is 1. The van der Waals surface area contributed by atoms with Crippen molar-refractivity contribution in [3.05, 3.63) is 53.1 Å². The van der Waals surface area contributed by atoms with E-state index in [1.54, 1.807) is 0 Å². The smallest absolute Gasteiger partial charge is 0.243 e. The molecular formula is C17H19ClN2O2. The normalized spacial score (nSPS) is 10.1. The zero-order valence-corrected chi connectivity index (χ0v) is 13.4. The maximum atomic E-state index is 12.0. The molecule has 0 saturated carbocycles. The Bertz CT molecular complexity index is 642. The highest BCUT2D eigenvalue weighted by Crippen LogP contribution is 2.22. The van der Waals surface area contributed by atoms with E-state index < -0.39 is 0 Å². The van der Waals surface area contributed by atoms with Gasteiger partial charge in [0, 0.05) is 16.4 Å². The molecule has 0 aliphatic rings. The summed E-state index contributed by atoms with van der Waals surface area (Å²) >= 11 is 6.05. The van der Waals surface area contributed by atoms with Crippen LogP contribution in [0.25, 0.3) is 0 Å². The summed E-state index contributed by atoms with van der Waals surface area (Å²) in [7, 11) is 0. The summed E-state index contributed by atoms with van der Waals surface area (Å²) < 4.78 is 5.36. The van der Waals surface area contributed by atoms with E-state index >= 15 is 0 Å². The molecular weight excluding hydrogens is 300 g/mol. The summed E-state index contributed by atoms with van der Waals surface area (Å²) in [5.41, 5.74) is 2.52. The van der Waals surface area contributed by atoms with E-state index in [1.165, 1.54) is 0 Å². The Morgan fingerprint density at radius 1 is 1.18 bits per heavy atom. The molecule has 116 valence electrons. The summed E-state index contributed by atoms with van der Waals surface area (Å²) in [4.78, 5) is 12.0. The lowest BCUT2D eigenvalue weighted by atomic mass is 10.2. The van der Waals surface area contributed by atoms with E-state index in [0.717, 1.165) is 22.7 Å². The maximum Gasteiger partial charge on any atom is 0.243 e. The molecule has 0 aliphatic heterocycles. The highest BCUT2D eigenvalue weighted by atomic mass is 35.5. The highest BCUT2D eigenvalue weighted by Gasteiger charge is 2.05. The number of hydrogen-bond donors (Lipinski definition) is 2. The number of rotatable bonds is 6. The number of carbonyl (C=O) groups is 1. The molecule has 0 saturated heterocycles. The van der Waals surface area contributed by atoms with Gasteiger partial charge in [0.1, 0.15) is 5.75 Å². The Labute approximate surface area is 135 Å². The fraction of sp³-hybridized carbons (Fsp3) is 0.235. The third-order valence-electron chi connectivity index (χ3n) is 3.16. The van der Waals surface area contributed by atoms with Gasteiger partial charge in [-0.15, -0.1) is 0 Å². The van der Waals surface area contributed by atoms with Crippen LogP contribution >= 0.6 is 11.6 Å². The number of benzene rings is 2. The minimum atomic E-state index is -0.122. The number of anilines is 2. The minimum absolute atomic E-state index is 0.122. The predicted molar refractivity (Wildman–Crippen MR) is 90.9 cm³/mol. The van der Waals surface area contributed by atoms with Crippen molar-refractivity contribution in [3.8, 4) is 5.75 Å². The van der Waals surface area contributed by atoms with Gasteiger partial charge in [-0.05, 0) is 55.8 Å². The van der Waals surface area contributed by atoms with Gasteiger partial charge < -0.3 is 15.4 Å². The van der Waals surface area contributed by atoms with Crippen LogP contribution in [0, 0.1) is 6.92 Å². The molecule has 0 radical (unpaired) electrons. The molecule has 1 amide bonds. The van der Waals surface area contributed by atoms with Crippen LogP contribution in [-0.2, 0) is 4.79 Å². The van der Waals surface area contributed by atoms with Gasteiger partial charge in [-0.3, -0.25) is 4.79 Å². The minimum Gasteiger partial charge on any atom is -0.494 e. The van der Waals surface area contributed by atoms with Crippen molar-refractivity contribution in [2.75, 3.05) is 23.8 Å². The Balaban J connectivity index is 1.89. The van der Waals surface area contributed by atoms with Gasteiger partial charge in [-0.25, -0.2) is 0 Å². The monoisotopic (exact) mass is 318 g/mol. The van der Waals surface area contributed by atoms with Crippen LogP contribution in [0.3, 0.4) is 0 Å². The predicted octanol–water partition coefficient (Wildman–Crippen LogP) is 4.10. The highest BCUT2D eigenvalue weighted by molar-refractivity contribution is 6.31. The fourth-order valence-corrected chi connectivity index (χ4v) is 2.16. The number of carbonyl (C=O) groups excluding carboxylic acids is 1. The zero-order chi connectivity index (χ0) is 15.9. The van der Waals surface area contributed by atoms with E-state index in [2.05, 4.69) is 10.6 Å². The second-order valence-corrected chi connectivity index (χ2v) is 5.18. The third kappa shape index (κ3) is 4.40. The molecule has 0 aromatic heterocycles. The van der Waals surface area contributed by atoms with E-state index in [9.17, 15) is 4.79 Å². The van der Waals surface area contributed by atoms with Crippen molar-refractivity contribution in [2.45, 2.75) is 13.8 Å². The Kier molecular flexibility index (Phi) is 5.67. The first-order valence-corrected chi connectivity index (χ1v) is 7.49. The Morgan fingerprint density at radius 3 is 2.59 bits per heavy atom. The summed E-state index contributed by atoms with van der Waals surface area (Å²) in [6.07, 6.45) is 0. The Hall–Kier alpha value is -2.20. The first-order valence-electron chi connectivity index (χ1n) is 7.12. The van der Waals surface area contributed by atoms with Gasteiger partial charge in [-0.2, -0.15) is 0 Å². The van der Waals surface area contributed by atoms with Crippen molar-refractivity contribution in [1.29, 1.82) is 0 Å². The number of hydrogen-bond acceptors (Lipinski definition) is 3. The van der Waals surface area contributed by atoms with E-state index in [1.807, 2.05) is 56.3 Å². The molecule has 2 aromatic rings. The lowest BCUT2D eigenvalue weighted by Gasteiger charge is -2.11. The molecule has 5 heteroatoms. The molecule has 2 N–H and O–H groups in total. The van der Waals surface area contributed by atoms with Crippen LogP contribution < -0.4 is 15.4 Å². The summed E-state index contributed by atoms with van der Waals surface area (Å²) in [6.45, 7) is 4.64. The second kappa shape index (κ2) is 7.71. The first-order chi connectivity index (χ1) is 10.6. The van der Waals surface area contributed by atoms with Crippen LogP contribution in [0.5, 0.6) is 5.75 Å². The molecule has 2 rings (SSSR count). The average Bonchev–Trinajstić information content (AvgIpc) is 2.51. The van der Waals surface area contributed by atoms with Crippen molar-refractivity contribution in [2.24, 2.45) is 0 Å². The van der Waals surface area contributed by atoms with Crippen LogP contribution in [0.4, 0.5) is 11.4 Å². The number of ether oxygens (including phenoxy) is 1. The molecule has 4 nitrogen and oxygen atoms in total. The van der Waals surface area contributed by atoms with Gasteiger partial charge in [0.15, 0.2) is 0 Å². The molecule has 0 heterocycles. The fourth-order valence-electron chi connectivity index (χ4n) is 1.98. The third-order valence-corrected chi connectivity index (χ3v) is 3.57. The second-order valence-electron chi connectivity index (χ2n) is 4.77. The SMILES string of the molecule is CCOc1ccc(NC(=O)CNc2cccc(Cl)c2C)cc1. The maximum absolute atomic E-state index is 12.0.